The van der Waals surface area contributed by atoms with Gasteiger partial charge in [0.25, 0.3) is 0 Å². The molecule has 180 valence electrons. The third-order valence-corrected chi connectivity index (χ3v) is 5.68. The molecule has 5 nitrogen and oxygen atoms in total. The highest BCUT2D eigenvalue weighted by Gasteiger charge is 2.20. The fourth-order valence-corrected chi connectivity index (χ4v) is 3.78. The largest absolute Gasteiger partial charge is 0.385 e. The van der Waals surface area contributed by atoms with Crippen molar-refractivity contribution in [3.8, 4) is 0 Å². The van der Waals surface area contributed by atoms with Gasteiger partial charge in [0, 0.05) is 26.0 Å². The first-order chi connectivity index (χ1) is 14.4. The summed E-state index contributed by atoms with van der Waals surface area (Å²) in [4.78, 5) is 12.0. The van der Waals surface area contributed by atoms with Crippen LogP contribution in [0.25, 0.3) is 0 Å². The molecule has 0 spiro atoms. The molecule has 1 unspecified atom stereocenters. The maximum absolute atomic E-state index is 12.0. The number of hydrogen-bond acceptors (Lipinski definition) is 3. The fourth-order valence-electron chi connectivity index (χ4n) is 3.78. The number of aliphatic hydroxyl groups excluding tert-OH is 1. The maximum Gasteiger partial charge on any atom is 0.219 e. The first kappa shape index (κ1) is 29.4. The molecule has 0 radical (unpaired) electrons. The number of unbranched alkanes of at least 4 members (excludes halogenated alkanes) is 10. The quantitative estimate of drug-likeness (QED) is 0.187. The molecule has 0 heterocycles. The third-order valence-electron chi connectivity index (χ3n) is 5.68. The van der Waals surface area contributed by atoms with E-state index in [1.54, 1.807) is 0 Å². The van der Waals surface area contributed by atoms with Gasteiger partial charge >= 0.3 is 0 Å². The van der Waals surface area contributed by atoms with E-state index in [-0.39, 0.29) is 5.91 Å². The maximum atomic E-state index is 12.0. The average Bonchev–Trinajstić information content (AvgIpc) is 2.69. The Balaban J connectivity index is 3.56. The molecular weight excluding hydrogens is 376 g/mol. The first-order valence-corrected chi connectivity index (χ1v) is 12.8. The number of nitrogens with zero attached hydrogens (tertiary/aromatic N) is 1. The molecule has 0 saturated carbocycles. The topological polar surface area (TPSA) is 58.6 Å². The minimum atomic E-state index is -0.428. The summed E-state index contributed by atoms with van der Waals surface area (Å²) in [6.45, 7) is 7.87. The monoisotopic (exact) mass is 429 g/mol. The predicted octanol–water partition coefficient (Wildman–Crippen LogP) is 5.06. The van der Waals surface area contributed by atoms with Crippen LogP contribution in [0.5, 0.6) is 0 Å². The van der Waals surface area contributed by atoms with Crippen molar-refractivity contribution in [1.29, 1.82) is 0 Å². The van der Waals surface area contributed by atoms with Gasteiger partial charge in [0.15, 0.2) is 0 Å². The summed E-state index contributed by atoms with van der Waals surface area (Å²) in [6, 6.07) is 0. The zero-order chi connectivity index (χ0) is 22.5. The summed E-state index contributed by atoms with van der Waals surface area (Å²) in [5, 5.41) is 13.2. The molecule has 1 atom stereocenters. The van der Waals surface area contributed by atoms with Crippen molar-refractivity contribution >= 4 is 5.91 Å². The molecule has 0 bridgehead atoms. The van der Waals surface area contributed by atoms with E-state index in [4.69, 9.17) is 4.74 Å². The molecule has 0 aromatic heterocycles. The smallest absolute Gasteiger partial charge is 0.219 e. The van der Waals surface area contributed by atoms with Gasteiger partial charge in [-0.05, 0) is 12.8 Å². The van der Waals surface area contributed by atoms with Crippen LogP contribution in [0.3, 0.4) is 0 Å². The molecule has 0 aromatic rings. The van der Waals surface area contributed by atoms with E-state index < -0.39 is 6.10 Å². The fraction of sp³-hybridized carbons (Fsp3) is 0.960. The molecule has 5 heteroatoms. The molecule has 0 aromatic carbocycles. The van der Waals surface area contributed by atoms with Gasteiger partial charge in [-0.25, -0.2) is 0 Å². The van der Waals surface area contributed by atoms with Crippen LogP contribution < -0.4 is 5.32 Å². The average molecular weight is 430 g/mol. The SMILES string of the molecule is CCCCCCCCCCCCC(=O)NCCC[N+](C)(C)CC(O)COCCCC. The van der Waals surface area contributed by atoms with E-state index in [0.29, 0.717) is 19.6 Å². The van der Waals surface area contributed by atoms with Gasteiger partial charge in [0.2, 0.25) is 5.91 Å². The van der Waals surface area contributed by atoms with Gasteiger partial charge in [-0.2, -0.15) is 0 Å². The lowest BCUT2D eigenvalue weighted by molar-refractivity contribution is -0.893. The van der Waals surface area contributed by atoms with Crippen molar-refractivity contribution in [2.24, 2.45) is 0 Å². The summed E-state index contributed by atoms with van der Waals surface area (Å²) in [6.07, 6.45) is 16.3. The highest BCUT2D eigenvalue weighted by atomic mass is 16.5. The molecule has 0 aliphatic carbocycles. The number of aliphatic hydroxyl groups is 1. The van der Waals surface area contributed by atoms with Crippen LogP contribution in [-0.2, 0) is 9.53 Å². The van der Waals surface area contributed by atoms with Gasteiger partial charge in [-0.3, -0.25) is 4.79 Å². The Hall–Kier alpha value is -0.650. The second-order valence-electron chi connectivity index (χ2n) is 9.56. The minimum Gasteiger partial charge on any atom is -0.385 e. The van der Waals surface area contributed by atoms with Crippen LogP contribution in [0.1, 0.15) is 104 Å². The number of amides is 1. The van der Waals surface area contributed by atoms with Crippen LogP contribution in [0.2, 0.25) is 0 Å². The number of rotatable bonds is 22. The number of likely N-dealkylation sites (N-methyl/N-ethyl adjacent to an activating group) is 1. The highest BCUT2D eigenvalue weighted by Crippen LogP contribution is 2.11. The molecule has 0 aliphatic heterocycles. The molecule has 2 N–H and O–H groups in total. The lowest BCUT2D eigenvalue weighted by atomic mass is 10.1. The first-order valence-electron chi connectivity index (χ1n) is 12.8. The Kier molecular flexibility index (Phi) is 19.8. The van der Waals surface area contributed by atoms with E-state index in [9.17, 15) is 9.90 Å². The molecule has 0 aliphatic rings. The summed E-state index contributed by atoms with van der Waals surface area (Å²) in [5.41, 5.74) is 0. The van der Waals surface area contributed by atoms with E-state index in [1.807, 2.05) is 0 Å². The van der Waals surface area contributed by atoms with Gasteiger partial charge in [-0.15, -0.1) is 0 Å². The molecule has 0 fully saturated rings. The summed E-state index contributed by atoms with van der Waals surface area (Å²) in [5.74, 6) is 0.184. The summed E-state index contributed by atoms with van der Waals surface area (Å²) in [7, 11) is 4.25. The van der Waals surface area contributed by atoms with Gasteiger partial charge in [0.1, 0.15) is 12.6 Å². The van der Waals surface area contributed by atoms with E-state index in [1.165, 1.54) is 57.8 Å². The number of carbonyl (C=O) groups is 1. The standard InChI is InChI=1S/C25H52N2O3/c1-5-7-9-10-11-12-13-14-15-16-18-25(29)26-19-17-20-27(3,4)22-24(28)23-30-21-8-6-2/h24,28H,5-23H2,1-4H3/p+1. The molecule has 0 rings (SSSR count). The lowest BCUT2D eigenvalue weighted by Crippen LogP contribution is -2.47. The van der Waals surface area contributed by atoms with Gasteiger partial charge < -0.3 is 19.6 Å². The molecule has 1 amide bonds. The van der Waals surface area contributed by atoms with Crippen LogP contribution in [0.4, 0.5) is 0 Å². The number of hydrogen-bond donors (Lipinski definition) is 2. The third kappa shape index (κ3) is 20.6. The summed E-state index contributed by atoms with van der Waals surface area (Å²) >= 11 is 0. The summed E-state index contributed by atoms with van der Waals surface area (Å²) < 4.78 is 6.25. The van der Waals surface area contributed by atoms with Crippen molar-refractivity contribution in [3.05, 3.63) is 0 Å². The van der Waals surface area contributed by atoms with Crippen LogP contribution >= 0.6 is 0 Å². The Morgan fingerprint density at radius 1 is 0.867 bits per heavy atom. The molecule has 30 heavy (non-hydrogen) atoms. The van der Waals surface area contributed by atoms with Crippen molar-refractivity contribution in [3.63, 3.8) is 0 Å². The van der Waals surface area contributed by atoms with Crippen molar-refractivity contribution in [2.45, 2.75) is 110 Å². The predicted molar refractivity (Wildman–Crippen MR) is 128 cm³/mol. The van der Waals surface area contributed by atoms with Crippen LogP contribution in [0.15, 0.2) is 0 Å². The number of ether oxygens (including phenoxy) is 1. The highest BCUT2D eigenvalue weighted by molar-refractivity contribution is 5.75. The van der Waals surface area contributed by atoms with Crippen LogP contribution in [0, 0.1) is 0 Å². The van der Waals surface area contributed by atoms with Crippen molar-refractivity contribution in [2.75, 3.05) is 46.9 Å². The lowest BCUT2D eigenvalue weighted by Gasteiger charge is -2.31. The minimum absolute atomic E-state index is 0.184. The number of quaternary nitrogens is 1. The zero-order valence-electron chi connectivity index (χ0n) is 20.7. The van der Waals surface area contributed by atoms with Gasteiger partial charge in [-0.1, -0.05) is 78.1 Å². The normalized spacial score (nSPS) is 12.8. The second kappa shape index (κ2) is 20.3. The van der Waals surface area contributed by atoms with E-state index >= 15 is 0 Å². The second-order valence-corrected chi connectivity index (χ2v) is 9.56. The van der Waals surface area contributed by atoms with E-state index in [0.717, 1.165) is 49.9 Å². The number of carbonyl (C=O) groups excluding carboxylic acids is 1. The van der Waals surface area contributed by atoms with Crippen molar-refractivity contribution < 1.29 is 19.1 Å². The van der Waals surface area contributed by atoms with E-state index in [2.05, 4.69) is 33.3 Å². The Morgan fingerprint density at radius 2 is 1.43 bits per heavy atom. The molecule has 0 saturated heterocycles. The van der Waals surface area contributed by atoms with Gasteiger partial charge in [0.05, 0.1) is 27.2 Å². The Labute approximate surface area is 187 Å². The molecular formula is C25H53N2O3+. The zero-order valence-corrected chi connectivity index (χ0v) is 20.7. The number of nitrogens with one attached hydrogen (secondary N) is 1. The Morgan fingerprint density at radius 3 is 2.03 bits per heavy atom. The Bertz CT molecular complexity index is 389. The van der Waals surface area contributed by atoms with Crippen LogP contribution in [-0.4, -0.2) is 68.5 Å². The van der Waals surface area contributed by atoms with Crippen molar-refractivity contribution in [1.82, 2.24) is 5.32 Å².